The second kappa shape index (κ2) is 7.96. The fourth-order valence-corrected chi connectivity index (χ4v) is 3.77. The lowest BCUT2D eigenvalue weighted by Crippen LogP contribution is -2.54. The summed E-state index contributed by atoms with van der Waals surface area (Å²) in [4.78, 5) is 28.3. The molecule has 0 radical (unpaired) electrons. The molecule has 1 unspecified atom stereocenters. The van der Waals surface area contributed by atoms with Crippen molar-refractivity contribution in [1.29, 1.82) is 0 Å². The van der Waals surface area contributed by atoms with Crippen LogP contribution in [0.25, 0.3) is 0 Å². The smallest absolute Gasteiger partial charge is 0.240 e. The summed E-state index contributed by atoms with van der Waals surface area (Å²) in [6, 6.07) is 5.64. The molecule has 130 valence electrons. The van der Waals surface area contributed by atoms with E-state index in [1.165, 1.54) is 24.3 Å². The number of rotatable bonds is 4. The van der Waals surface area contributed by atoms with Crippen LogP contribution in [-0.2, 0) is 9.59 Å². The third kappa shape index (κ3) is 4.46. The highest BCUT2D eigenvalue weighted by atomic mass is 32.2. The summed E-state index contributed by atoms with van der Waals surface area (Å²) in [5.41, 5.74) is 0.583. The average Bonchev–Trinajstić information content (AvgIpc) is 3.11. The van der Waals surface area contributed by atoms with Crippen molar-refractivity contribution < 1.29 is 14.0 Å². The lowest BCUT2D eigenvalue weighted by Gasteiger charge is -2.35. The van der Waals surface area contributed by atoms with Crippen LogP contribution in [-0.4, -0.2) is 72.0 Å². The number of hydrogen-bond donors (Lipinski definition) is 2. The molecule has 8 heteroatoms. The highest BCUT2D eigenvalue weighted by molar-refractivity contribution is 7.99. The standard InChI is InChI=1S/C16H21FN4O2S/c17-12-1-3-13(4-2-12)19-15(22)9-20-5-7-21(8-6-20)16(23)14-10-24-11-18-14/h1-4,14,18H,5-11H2,(H,19,22). The maximum atomic E-state index is 12.9. The number of halogens is 1. The van der Waals surface area contributed by atoms with Gasteiger partial charge in [0.1, 0.15) is 5.82 Å². The molecule has 1 aromatic carbocycles. The minimum absolute atomic E-state index is 0.0664. The van der Waals surface area contributed by atoms with Crippen molar-refractivity contribution in [2.24, 2.45) is 0 Å². The quantitative estimate of drug-likeness (QED) is 0.830. The number of amides is 2. The molecule has 2 amide bonds. The Labute approximate surface area is 144 Å². The minimum Gasteiger partial charge on any atom is -0.339 e. The highest BCUT2D eigenvalue weighted by Crippen LogP contribution is 2.13. The maximum Gasteiger partial charge on any atom is 0.240 e. The number of piperazine rings is 1. The molecule has 2 fully saturated rings. The summed E-state index contributed by atoms with van der Waals surface area (Å²) < 4.78 is 12.9. The summed E-state index contributed by atoms with van der Waals surface area (Å²) in [6.45, 7) is 2.93. The normalized spacial score (nSPS) is 21.7. The molecule has 0 aromatic heterocycles. The molecule has 0 saturated carbocycles. The van der Waals surface area contributed by atoms with E-state index in [2.05, 4.69) is 10.6 Å². The molecule has 0 bridgehead atoms. The van der Waals surface area contributed by atoms with Gasteiger partial charge < -0.3 is 10.2 Å². The first kappa shape index (κ1) is 17.2. The number of hydrogen-bond acceptors (Lipinski definition) is 5. The van der Waals surface area contributed by atoms with E-state index < -0.39 is 0 Å². The van der Waals surface area contributed by atoms with Gasteiger partial charge in [0, 0.05) is 43.5 Å². The molecule has 0 aliphatic carbocycles. The molecule has 24 heavy (non-hydrogen) atoms. The lowest BCUT2D eigenvalue weighted by molar-refractivity contribution is -0.134. The predicted molar refractivity (Wildman–Crippen MR) is 92.3 cm³/mol. The van der Waals surface area contributed by atoms with Crippen LogP contribution in [0.5, 0.6) is 0 Å². The van der Waals surface area contributed by atoms with Crippen LogP contribution >= 0.6 is 11.8 Å². The average molecular weight is 352 g/mol. The zero-order chi connectivity index (χ0) is 16.9. The summed E-state index contributed by atoms with van der Waals surface area (Å²) in [5, 5.41) is 5.95. The number of nitrogens with zero attached hydrogens (tertiary/aromatic N) is 2. The van der Waals surface area contributed by atoms with Crippen LogP contribution in [0.3, 0.4) is 0 Å². The van der Waals surface area contributed by atoms with Crippen LogP contribution < -0.4 is 10.6 Å². The van der Waals surface area contributed by atoms with E-state index in [-0.39, 0.29) is 30.2 Å². The van der Waals surface area contributed by atoms with Gasteiger partial charge in [0.05, 0.1) is 12.6 Å². The van der Waals surface area contributed by atoms with E-state index in [0.29, 0.717) is 31.9 Å². The molecule has 2 saturated heterocycles. The Hall–Kier alpha value is -1.64. The van der Waals surface area contributed by atoms with Crippen LogP contribution in [0.15, 0.2) is 24.3 Å². The molecule has 0 spiro atoms. The molecule has 3 rings (SSSR count). The van der Waals surface area contributed by atoms with Gasteiger partial charge in [-0.05, 0) is 24.3 Å². The van der Waals surface area contributed by atoms with E-state index in [9.17, 15) is 14.0 Å². The Morgan fingerprint density at radius 1 is 1.21 bits per heavy atom. The zero-order valence-corrected chi connectivity index (χ0v) is 14.2. The number of benzene rings is 1. The number of thioether (sulfide) groups is 1. The van der Waals surface area contributed by atoms with Crippen LogP contribution in [0.4, 0.5) is 10.1 Å². The van der Waals surface area contributed by atoms with Crippen molar-refractivity contribution in [1.82, 2.24) is 15.1 Å². The summed E-state index contributed by atoms with van der Waals surface area (Å²) >= 11 is 1.74. The van der Waals surface area contributed by atoms with E-state index in [4.69, 9.17) is 0 Å². The van der Waals surface area contributed by atoms with Gasteiger partial charge in [-0.2, -0.15) is 0 Å². The number of anilines is 1. The molecule has 2 aliphatic heterocycles. The summed E-state index contributed by atoms with van der Waals surface area (Å²) in [6.07, 6.45) is 0. The second-order valence-electron chi connectivity index (χ2n) is 5.93. The van der Waals surface area contributed by atoms with Crippen molar-refractivity contribution in [2.45, 2.75) is 6.04 Å². The van der Waals surface area contributed by atoms with Gasteiger partial charge in [-0.25, -0.2) is 4.39 Å². The molecule has 2 aliphatic rings. The Bertz CT molecular complexity index is 584. The fourth-order valence-electron chi connectivity index (χ4n) is 2.84. The first-order chi connectivity index (χ1) is 11.6. The Kier molecular flexibility index (Phi) is 5.70. The van der Waals surface area contributed by atoms with E-state index in [1.54, 1.807) is 11.8 Å². The van der Waals surface area contributed by atoms with E-state index in [1.807, 2.05) is 9.80 Å². The van der Waals surface area contributed by atoms with Gasteiger partial charge in [-0.15, -0.1) is 11.8 Å². The van der Waals surface area contributed by atoms with E-state index in [0.717, 1.165) is 11.6 Å². The SMILES string of the molecule is O=C(CN1CCN(C(=O)C2CSCN2)CC1)Nc1ccc(F)cc1. The highest BCUT2D eigenvalue weighted by Gasteiger charge is 2.29. The van der Waals surface area contributed by atoms with Gasteiger partial charge in [0.2, 0.25) is 11.8 Å². The molecule has 6 nitrogen and oxygen atoms in total. The van der Waals surface area contributed by atoms with Crippen LogP contribution in [0.1, 0.15) is 0 Å². The number of carbonyl (C=O) groups excluding carboxylic acids is 2. The minimum atomic E-state index is -0.330. The Morgan fingerprint density at radius 3 is 2.54 bits per heavy atom. The first-order valence-corrected chi connectivity index (χ1v) is 9.15. The third-order valence-electron chi connectivity index (χ3n) is 4.19. The van der Waals surface area contributed by atoms with Gasteiger partial charge in [0.15, 0.2) is 0 Å². The second-order valence-corrected chi connectivity index (χ2v) is 6.96. The first-order valence-electron chi connectivity index (χ1n) is 7.99. The van der Waals surface area contributed by atoms with Gasteiger partial charge in [0.25, 0.3) is 0 Å². The number of carbonyl (C=O) groups is 2. The predicted octanol–water partition coefficient (Wildman–Crippen LogP) is 0.571. The molecular formula is C16H21FN4O2S. The summed E-state index contributed by atoms with van der Waals surface area (Å²) in [7, 11) is 0. The van der Waals surface area contributed by atoms with Crippen molar-refractivity contribution in [3.8, 4) is 0 Å². The largest absolute Gasteiger partial charge is 0.339 e. The molecule has 1 aromatic rings. The Balaban J connectivity index is 1.42. The summed E-state index contributed by atoms with van der Waals surface area (Å²) in [5.74, 6) is 1.37. The molecular weight excluding hydrogens is 331 g/mol. The fraction of sp³-hybridized carbons (Fsp3) is 0.500. The van der Waals surface area contributed by atoms with Crippen molar-refractivity contribution in [3.63, 3.8) is 0 Å². The van der Waals surface area contributed by atoms with Crippen molar-refractivity contribution >= 4 is 29.3 Å². The van der Waals surface area contributed by atoms with Crippen LogP contribution in [0.2, 0.25) is 0 Å². The van der Waals surface area contributed by atoms with Gasteiger partial charge in [-0.1, -0.05) is 0 Å². The van der Waals surface area contributed by atoms with Gasteiger partial charge in [-0.3, -0.25) is 19.8 Å². The van der Waals surface area contributed by atoms with E-state index >= 15 is 0 Å². The maximum absolute atomic E-state index is 12.9. The molecule has 1 atom stereocenters. The zero-order valence-electron chi connectivity index (χ0n) is 13.3. The van der Waals surface area contributed by atoms with Crippen LogP contribution in [0, 0.1) is 5.82 Å². The van der Waals surface area contributed by atoms with Crippen molar-refractivity contribution in [3.05, 3.63) is 30.1 Å². The van der Waals surface area contributed by atoms with Crippen molar-refractivity contribution in [2.75, 3.05) is 49.7 Å². The molecule has 2 N–H and O–H groups in total. The lowest BCUT2D eigenvalue weighted by atomic mass is 10.2. The third-order valence-corrected chi connectivity index (χ3v) is 5.13. The Morgan fingerprint density at radius 2 is 1.92 bits per heavy atom. The monoisotopic (exact) mass is 352 g/mol. The van der Waals surface area contributed by atoms with Gasteiger partial charge >= 0.3 is 0 Å². The number of nitrogens with one attached hydrogen (secondary N) is 2. The topological polar surface area (TPSA) is 64.7 Å². The molecule has 2 heterocycles.